The van der Waals surface area contributed by atoms with Crippen molar-refractivity contribution in [2.45, 2.75) is 31.8 Å². The fourth-order valence-electron chi connectivity index (χ4n) is 3.80. The average molecular weight is 395 g/mol. The quantitative estimate of drug-likeness (QED) is 0.610. The van der Waals surface area contributed by atoms with Gasteiger partial charge in [-0.2, -0.15) is 0 Å². The van der Waals surface area contributed by atoms with E-state index >= 15 is 0 Å². The minimum absolute atomic E-state index is 0.0662. The Balaban J connectivity index is 1.81. The van der Waals surface area contributed by atoms with Crippen molar-refractivity contribution < 1.29 is 4.39 Å². The Morgan fingerprint density at radius 1 is 1.11 bits per heavy atom. The Morgan fingerprint density at radius 3 is 2.68 bits per heavy atom. The molecule has 2 unspecified atom stereocenters. The molecule has 6 heteroatoms. The monoisotopic (exact) mass is 394 g/mol. The van der Waals surface area contributed by atoms with Crippen molar-refractivity contribution in [3.8, 4) is 5.69 Å². The summed E-state index contributed by atoms with van der Waals surface area (Å²) in [5.41, 5.74) is 2.45. The van der Waals surface area contributed by atoms with Gasteiger partial charge in [0, 0.05) is 24.6 Å². The molecule has 1 aromatic carbocycles. The second-order valence-corrected chi connectivity index (χ2v) is 7.31. The summed E-state index contributed by atoms with van der Waals surface area (Å²) in [7, 11) is 0. The number of hydrogen-bond donors (Lipinski definition) is 1. The van der Waals surface area contributed by atoms with Crippen LogP contribution >= 0.6 is 12.2 Å². The first-order chi connectivity index (χ1) is 13.7. The van der Waals surface area contributed by atoms with Crippen LogP contribution < -0.4 is 5.32 Å². The third kappa shape index (κ3) is 3.40. The Kier molecular flexibility index (Phi) is 5.39. The van der Waals surface area contributed by atoms with Crippen LogP contribution in [0.25, 0.3) is 5.69 Å². The Labute approximate surface area is 170 Å². The smallest absolute Gasteiger partial charge is 0.170 e. The number of nitrogens with one attached hydrogen (secondary N) is 1. The lowest BCUT2D eigenvalue weighted by atomic mass is 10.0. The molecular weight excluding hydrogens is 371 g/mol. The molecule has 4 nitrogen and oxygen atoms in total. The van der Waals surface area contributed by atoms with Gasteiger partial charge in [0.05, 0.1) is 23.5 Å². The van der Waals surface area contributed by atoms with Gasteiger partial charge in [-0.05, 0) is 55.0 Å². The number of rotatable bonds is 6. The van der Waals surface area contributed by atoms with Crippen LogP contribution in [0, 0.1) is 5.82 Å². The zero-order valence-corrected chi connectivity index (χ0v) is 16.6. The minimum Gasteiger partial charge on any atom is -0.352 e. The molecule has 1 fully saturated rings. The molecule has 2 aromatic heterocycles. The van der Waals surface area contributed by atoms with E-state index in [2.05, 4.69) is 22.1 Å². The van der Waals surface area contributed by atoms with Crippen LogP contribution in [-0.2, 0) is 0 Å². The van der Waals surface area contributed by atoms with Crippen LogP contribution in [0.2, 0.25) is 0 Å². The van der Waals surface area contributed by atoms with Gasteiger partial charge in [-0.25, -0.2) is 4.39 Å². The number of para-hydroxylation sites is 1. The third-order valence-electron chi connectivity index (χ3n) is 5.15. The molecule has 1 aliphatic rings. The van der Waals surface area contributed by atoms with E-state index in [1.54, 1.807) is 18.3 Å². The molecule has 0 spiro atoms. The first-order valence-corrected chi connectivity index (χ1v) is 10.0. The molecule has 1 aliphatic heterocycles. The maximum Gasteiger partial charge on any atom is 0.170 e. The number of benzene rings is 1. The molecule has 0 saturated carbocycles. The topological polar surface area (TPSA) is 33.1 Å². The molecule has 0 aliphatic carbocycles. The maximum absolute atomic E-state index is 14.5. The molecule has 0 bridgehead atoms. The lowest BCUT2D eigenvalue weighted by molar-refractivity contribution is 0.304. The number of aromatic nitrogens is 2. The van der Waals surface area contributed by atoms with Crippen molar-refractivity contribution in [3.05, 3.63) is 84.2 Å². The fourth-order valence-corrected chi connectivity index (χ4v) is 4.13. The van der Waals surface area contributed by atoms with Crippen molar-refractivity contribution in [1.29, 1.82) is 0 Å². The summed E-state index contributed by atoms with van der Waals surface area (Å²) in [6.07, 6.45) is 5.81. The molecule has 1 saturated heterocycles. The van der Waals surface area contributed by atoms with Crippen LogP contribution in [0.4, 0.5) is 4.39 Å². The van der Waals surface area contributed by atoms with Crippen LogP contribution in [-0.4, -0.2) is 26.1 Å². The maximum atomic E-state index is 14.5. The molecule has 3 heterocycles. The summed E-state index contributed by atoms with van der Waals surface area (Å²) in [6, 6.07) is 16.6. The summed E-state index contributed by atoms with van der Waals surface area (Å²) in [5, 5.41) is 4.17. The van der Waals surface area contributed by atoms with Crippen molar-refractivity contribution in [1.82, 2.24) is 19.8 Å². The summed E-state index contributed by atoms with van der Waals surface area (Å²) < 4.78 is 16.4. The number of unbranched alkanes of at least 4 members (excludes halogenated alkanes) is 1. The van der Waals surface area contributed by atoms with Crippen LogP contribution in [0.5, 0.6) is 0 Å². The van der Waals surface area contributed by atoms with Gasteiger partial charge in [0.25, 0.3) is 0 Å². The normalized spacial score (nSPS) is 19.1. The fraction of sp³-hybridized carbons (Fsp3) is 0.273. The number of thiocarbonyl (C=S) groups is 1. The molecule has 28 heavy (non-hydrogen) atoms. The molecule has 3 aromatic rings. The second-order valence-electron chi connectivity index (χ2n) is 6.93. The van der Waals surface area contributed by atoms with E-state index in [9.17, 15) is 4.39 Å². The summed E-state index contributed by atoms with van der Waals surface area (Å²) in [4.78, 5) is 6.77. The van der Waals surface area contributed by atoms with Gasteiger partial charge < -0.3 is 14.8 Å². The third-order valence-corrected chi connectivity index (χ3v) is 5.50. The standard InChI is InChI=1S/C22H23FN4S/c1-2-3-14-27-21(20(25-22(27)28)17-10-6-7-13-24-17)19-12-8-15-26(19)18-11-5-4-9-16(18)23/h4-13,15,20-21H,2-3,14H2,1H3,(H,25,28). The van der Waals surface area contributed by atoms with Crippen molar-refractivity contribution >= 4 is 17.3 Å². The van der Waals surface area contributed by atoms with Crippen molar-refractivity contribution in [2.75, 3.05) is 6.54 Å². The Bertz CT molecular complexity index is 956. The molecule has 4 rings (SSSR count). The van der Waals surface area contributed by atoms with E-state index in [-0.39, 0.29) is 17.9 Å². The lowest BCUT2D eigenvalue weighted by Gasteiger charge is -2.29. The predicted molar refractivity (Wildman–Crippen MR) is 113 cm³/mol. The first-order valence-electron chi connectivity index (χ1n) is 9.61. The van der Waals surface area contributed by atoms with E-state index in [1.165, 1.54) is 6.07 Å². The van der Waals surface area contributed by atoms with E-state index in [1.807, 2.05) is 47.2 Å². The van der Waals surface area contributed by atoms with Crippen molar-refractivity contribution in [3.63, 3.8) is 0 Å². The van der Waals surface area contributed by atoms with Gasteiger partial charge in [-0.3, -0.25) is 4.98 Å². The highest BCUT2D eigenvalue weighted by Gasteiger charge is 2.40. The highest BCUT2D eigenvalue weighted by molar-refractivity contribution is 7.80. The largest absolute Gasteiger partial charge is 0.352 e. The number of halogens is 1. The number of hydrogen-bond acceptors (Lipinski definition) is 2. The molecule has 0 amide bonds. The molecule has 0 radical (unpaired) electrons. The second kappa shape index (κ2) is 8.10. The zero-order valence-electron chi connectivity index (χ0n) is 15.8. The van der Waals surface area contributed by atoms with Crippen LogP contribution in [0.15, 0.2) is 67.0 Å². The van der Waals surface area contributed by atoms with E-state index in [4.69, 9.17) is 12.2 Å². The number of pyridine rings is 1. The number of nitrogens with zero attached hydrogens (tertiary/aromatic N) is 3. The predicted octanol–water partition coefficient (Wildman–Crippen LogP) is 4.78. The van der Waals surface area contributed by atoms with E-state index < -0.39 is 0 Å². The van der Waals surface area contributed by atoms with Gasteiger partial charge in [-0.1, -0.05) is 31.5 Å². The van der Waals surface area contributed by atoms with Gasteiger partial charge in [0.15, 0.2) is 5.11 Å². The molecule has 1 N–H and O–H groups in total. The van der Waals surface area contributed by atoms with Crippen LogP contribution in [0.1, 0.15) is 43.2 Å². The summed E-state index contributed by atoms with van der Waals surface area (Å²) in [6.45, 7) is 3.01. The van der Waals surface area contributed by atoms with Crippen molar-refractivity contribution in [2.24, 2.45) is 0 Å². The summed E-state index contributed by atoms with van der Waals surface area (Å²) in [5.74, 6) is -0.247. The van der Waals surface area contributed by atoms with E-state index in [0.717, 1.165) is 35.9 Å². The lowest BCUT2D eigenvalue weighted by Crippen LogP contribution is -2.31. The van der Waals surface area contributed by atoms with E-state index in [0.29, 0.717) is 5.69 Å². The molecule has 144 valence electrons. The first kappa shape index (κ1) is 18.6. The SMILES string of the molecule is CCCCN1C(=S)NC(c2ccccn2)C1c1cccn1-c1ccccc1F. The van der Waals surface area contributed by atoms with Gasteiger partial charge in [-0.15, -0.1) is 0 Å². The summed E-state index contributed by atoms with van der Waals surface area (Å²) >= 11 is 5.67. The molecule has 2 atom stereocenters. The van der Waals surface area contributed by atoms with Gasteiger partial charge >= 0.3 is 0 Å². The Morgan fingerprint density at radius 2 is 1.93 bits per heavy atom. The van der Waals surface area contributed by atoms with Crippen LogP contribution in [0.3, 0.4) is 0 Å². The highest BCUT2D eigenvalue weighted by atomic mass is 32.1. The average Bonchev–Trinajstić information content (AvgIpc) is 3.31. The zero-order chi connectivity index (χ0) is 19.5. The van der Waals surface area contributed by atoms with Gasteiger partial charge in [0.2, 0.25) is 0 Å². The highest BCUT2D eigenvalue weighted by Crippen LogP contribution is 2.39. The molecular formula is C22H23FN4S. The Hall–Kier alpha value is -2.73. The minimum atomic E-state index is -0.247. The van der Waals surface area contributed by atoms with Gasteiger partial charge in [0.1, 0.15) is 5.82 Å².